The Balaban J connectivity index is 0.000000137. The second-order valence-corrected chi connectivity index (χ2v) is 26.2. The molecule has 0 saturated heterocycles. The fourth-order valence-electron chi connectivity index (χ4n) is 10.4. The lowest BCUT2D eigenvalue weighted by Gasteiger charge is -2.18. The zero-order chi connectivity index (χ0) is 53.0. The molecule has 0 saturated carbocycles. The smallest absolute Gasteiger partial charge is 0.456 e. The van der Waals surface area contributed by atoms with Crippen molar-refractivity contribution in [3.8, 4) is 11.1 Å². The van der Waals surface area contributed by atoms with Crippen molar-refractivity contribution < 1.29 is 27.7 Å². The molecule has 0 aliphatic rings. The summed E-state index contributed by atoms with van der Waals surface area (Å²) >= 11 is 9.76. The molecule has 376 valence electrons. The van der Waals surface area contributed by atoms with Crippen molar-refractivity contribution in [2.45, 2.75) is 105 Å². The minimum atomic E-state index is -1.50. The summed E-state index contributed by atoms with van der Waals surface area (Å²) < 4.78 is 28.6. The third-order valence-corrected chi connectivity index (χ3v) is 17.2. The maximum Gasteiger partial charge on any atom is 0.489 e. The molecule has 4 aromatic heterocycles. The van der Waals surface area contributed by atoms with Gasteiger partial charge in [-0.25, -0.2) is 0 Å². The van der Waals surface area contributed by atoms with Gasteiger partial charge in [-0.05, 0) is 108 Å². The molecule has 12 aromatic rings. The van der Waals surface area contributed by atoms with Gasteiger partial charge in [0.05, 0.1) is 3.57 Å². The van der Waals surface area contributed by atoms with E-state index in [1.54, 1.807) is 12.1 Å². The molecule has 0 radical (unpaired) electrons. The van der Waals surface area contributed by atoms with E-state index in [2.05, 4.69) is 241 Å². The lowest BCUT2D eigenvalue weighted by atomic mass is 9.77. The average Bonchev–Trinajstić information content (AvgIpc) is 4.12. The summed E-state index contributed by atoms with van der Waals surface area (Å²) in [7, 11) is -1.50. The van der Waals surface area contributed by atoms with Gasteiger partial charge in [-0.15, -0.1) is 0 Å². The van der Waals surface area contributed by atoms with Gasteiger partial charge in [0, 0.05) is 79.9 Å². The molecule has 0 spiro atoms. The average molecular weight is 1220 g/mol. The van der Waals surface area contributed by atoms with Crippen LogP contribution in [0.3, 0.4) is 0 Å². The van der Waals surface area contributed by atoms with Crippen LogP contribution in [0.2, 0.25) is 0 Å². The van der Waals surface area contributed by atoms with E-state index in [-0.39, 0.29) is 21.7 Å². The molecular weight excluding hydrogens is 1160 g/mol. The fourth-order valence-corrected chi connectivity index (χ4v) is 11.8. The Hall–Kier alpha value is -5.37. The van der Waals surface area contributed by atoms with Crippen molar-refractivity contribution in [2.75, 3.05) is 0 Å². The number of para-hydroxylation sites is 4. The molecule has 0 amide bonds. The van der Waals surface area contributed by atoms with E-state index in [0.29, 0.717) is 11.0 Å². The van der Waals surface area contributed by atoms with Crippen molar-refractivity contribution >= 4 is 155 Å². The Morgan fingerprint density at radius 1 is 0.378 bits per heavy atom. The maximum absolute atomic E-state index is 9.54. The van der Waals surface area contributed by atoms with Crippen molar-refractivity contribution in [1.82, 2.24) is 0 Å². The standard InChI is InChI=1S/C32H29BrO2.C16H17BO3.C16H14BrIO/c1-31(2,3)22-13-7-10-18-19-16-17-24(33)27(30(19)35-28(18)22)20-11-9-15-25-26(20)21-12-8-14-23(29(21)34-25)32(4,5)6;1-16(2,3)11-7-4-6-10-14-12(17(18)19)8-5-9-13(14)20-15(10)11;1-16(2,3)11-6-4-5-9-10-7-8-12(17)13(18)15(10)19-14(9)11/h7-17H,1-6H3;4-9,18-19H,1-3H3;4-8H,1-3H3. The Morgan fingerprint density at radius 3 is 1.22 bits per heavy atom. The van der Waals surface area contributed by atoms with Crippen LogP contribution in [-0.4, -0.2) is 17.2 Å². The normalized spacial score (nSPS) is 12.7. The molecule has 12 rings (SSSR count). The molecule has 0 aliphatic heterocycles. The van der Waals surface area contributed by atoms with Crippen LogP contribution in [0, 0.1) is 3.57 Å². The van der Waals surface area contributed by atoms with Crippen molar-refractivity contribution in [2.24, 2.45) is 0 Å². The molecule has 0 atom stereocenters. The molecule has 74 heavy (non-hydrogen) atoms. The number of benzene rings is 8. The second-order valence-electron chi connectivity index (χ2n) is 23.4. The Labute approximate surface area is 463 Å². The van der Waals surface area contributed by atoms with E-state index in [4.69, 9.17) is 17.7 Å². The number of hydrogen-bond donors (Lipinski definition) is 2. The van der Waals surface area contributed by atoms with Gasteiger partial charge in [-0.2, -0.15) is 0 Å². The van der Waals surface area contributed by atoms with Gasteiger partial charge in [0.25, 0.3) is 0 Å². The van der Waals surface area contributed by atoms with Crippen LogP contribution < -0.4 is 5.46 Å². The first-order valence-corrected chi connectivity index (χ1v) is 27.7. The molecule has 10 heteroatoms. The molecule has 6 nitrogen and oxygen atoms in total. The van der Waals surface area contributed by atoms with Gasteiger partial charge < -0.3 is 27.7 Å². The maximum atomic E-state index is 9.54. The SMILES string of the molecule is CC(C)(C)c1cccc2c1oc1c(-c3cccc4oc5c(C(C)(C)C)cccc5c34)c(Br)ccc12.CC(C)(C)c1cccc2c1oc1c(I)c(Br)ccc12.CC(C)(C)c1cccc2c1oc1cccc(B(O)O)c12. The molecule has 0 bridgehead atoms. The van der Waals surface area contributed by atoms with E-state index in [0.717, 1.165) is 101 Å². The number of fused-ring (bicyclic) bond motifs is 12. The highest BCUT2D eigenvalue weighted by molar-refractivity contribution is 14.1. The molecule has 2 N–H and O–H groups in total. The van der Waals surface area contributed by atoms with Gasteiger partial charge in [-0.3, -0.25) is 0 Å². The molecule has 8 aromatic carbocycles. The van der Waals surface area contributed by atoms with E-state index in [9.17, 15) is 10.0 Å². The van der Waals surface area contributed by atoms with Crippen LogP contribution in [0.25, 0.3) is 98.9 Å². The lowest BCUT2D eigenvalue weighted by molar-refractivity contribution is 0.426. The van der Waals surface area contributed by atoms with Crippen LogP contribution in [0.1, 0.15) is 105 Å². The zero-order valence-corrected chi connectivity index (χ0v) is 49.3. The van der Waals surface area contributed by atoms with Crippen molar-refractivity contribution in [1.29, 1.82) is 0 Å². The third kappa shape index (κ3) is 9.20. The highest BCUT2D eigenvalue weighted by Gasteiger charge is 2.28. The number of furan rings is 4. The van der Waals surface area contributed by atoms with Gasteiger partial charge in [0.1, 0.15) is 44.7 Å². The van der Waals surface area contributed by atoms with Gasteiger partial charge in [0.15, 0.2) is 0 Å². The van der Waals surface area contributed by atoms with Crippen molar-refractivity contribution in [3.05, 3.63) is 168 Å². The Bertz CT molecular complexity index is 4140. The molecule has 0 fully saturated rings. The zero-order valence-electron chi connectivity index (χ0n) is 43.9. The summed E-state index contributed by atoms with van der Waals surface area (Å²) in [6.45, 7) is 26.5. The van der Waals surface area contributed by atoms with E-state index < -0.39 is 7.12 Å². The minimum absolute atomic E-state index is 0.0176. The Morgan fingerprint density at radius 2 is 0.743 bits per heavy atom. The predicted octanol–water partition coefficient (Wildman–Crippen LogP) is 19.3. The largest absolute Gasteiger partial charge is 0.489 e. The van der Waals surface area contributed by atoms with Gasteiger partial charge in [0.2, 0.25) is 0 Å². The molecule has 0 aliphatic carbocycles. The summed E-state index contributed by atoms with van der Waals surface area (Å²) in [6, 6.07) is 45.6. The summed E-state index contributed by atoms with van der Waals surface area (Å²) in [5.41, 5.74) is 14.7. The second kappa shape index (κ2) is 19.0. The monoisotopic (exact) mass is 1220 g/mol. The van der Waals surface area contributed by atoms with Crippen LogP contribution in [0.4, 0.5) is 0 Å². The van der Waals surface area contributed by atoms with E-state index in [1.165, 1.54) is 27.5 Å². The molecule has 0 unspecified atom stereocenters. The third-order valence-electron chi connectivity index (χ3n) is 14.0. The minimum Gasteiger partial charge on any atom is -0.456 e. The molecular formula is C64H60BBr2IO6. The molecule has 4 heterocycles. The first kappa shape index (κ1) is 52.1. The van der Waals surface area contributed by atoms with Crippen molar-refractivity contribution in [3.63, 3.8) is 0 Å². The van der Waals surface area contributed by atoms with Crippen LogP contribution in [0.5, 0.6) is 0 Å². The van der Waals surface area contributed by atoms with E-state index >= 15 is 0 Å². The van der Waals surface area contributed by atoms with Crippen LogP contribution >= 0.6 is 54.5 Å². The highest BCUT2D eigenvalue weighted by Crippen LogP contribution is 2.48. The summed E-state index contributed by atoms with van der Waals surface area (Å²) in [6.07, 6.45) is 0. The Kier molecular flexibility index (Phi) is 13.4. The van der Waals surface area contributed by atoms with Crippen LogP contribution in [0.15, 0.2) is 160 Å². The summed E-state index contributed by atoms with van der Waals surface area (Å²) in [4.78, 5) is 0. The number of halogens is 3. The fraction of sp³-hybridized carbons (Fsp3) is 0.250. The predicted molar refractivity (Wildman–Crippen MR) is 327 cm³/mol. The first-order chi connectivity index (χ1) is 34.8. The van der Waals surface area contributed by atoms with Crippen LogP contribution in [-0.2, 0) is 21.7 Å². The number of rotatable bonds is 2. The number of hydrogen-bond acceptors (Lipinski definition) is 6. The summed E-state index contributed by atoms with van der Waals surface area (Å²) in [5.74, 6) is 0. The highest BCUT2D eigenvalue weighted by atomic mass is 127. The van der Waals surface area contributed by atoms with Gasteiger partial charge >= 0.3 is 7.12 Å². The first-order valence-electron chi connectivity index (χ1n) is 25.0. The van der Waals surface area contributed by atoms with Gasteiger partial charge in [-0.1, -0.05) is 196 Å². The lowest BCUT2D eigenvalue weighted by Crippen LogP contribution is -2.30. The quantitative estimate of drug-likeness (QED) is 0.132. The van der Waals surface area contributed by atoms with E-state index in [1.807, 2.05) is 18.2 Å². The summed E-state index contributed by atoms with van der Waals surface area (Å²) in [5, 5.41) is 27.7. The topological polar surface area (TPSA) is 93.0 Å².